The van der Waals surface area contributed by atoms with E-state index in [-0.39, 0.29) is 40.6 Å². The Morgan fingerprint density at radius 3 is 2.39 bits per heavy atom. The molecule has 0 radical (unpaired) electrons. The molecular weight excluding hydrogens is 337 g/mol. The first kappa shape index (κ1) is 17.7. The number of hydrogen-bond donors (Lipinski definition) is 4. The van der Waals surface area contributed by atoms with Gasteiger partial charge in [-0.05, 0) is 54.3 Å². The molecule has 1 heterocycles. The summed E-state index contributed by atoms with van der Waals surface area (Å²) in [5.41, 5.74) is 3.50. The van der Waals surface area contributed by atoms with Crippen LogP contribution >= 0.6 is 24.0 Å². The third-order valence-electron chi connectivity index (χ3n) is 4.33. The van der Waals surface area contributed by atoms with Gasteiger partial charge in [-0.15, -0.1) is 12.4 Å². The highest BCUT2D eigenvalue weighted by molar-refractivity contribution is 6.33. The summed E-state index contributed by atoms with van der Waals surface area (Å²) in [4.78, 5) is 0. The lowest BCUT2D eigenvalue weighted by Gasteiger charge is -2.23. The van der Waals surface area contributed by atoms with E-state index in [9.17, 15) is 15.3 Å². The van der Waals surface area contributed by atoms with Gasteiger partial charge in [0.25, 0.3) is 0 Å². The second-order valence-electron chi connectivity index (χ2n) is 5.63. The average Bonchev–Trinajstić information content (AvgIpc) is 2.74. The fourth-order valence-corrected chi connectivity index (χ4v) is 3.45. The van der Waals surface area contributed by atoms with Crippen LogP contribution in [0, 0.1) is 6.92 Å². The van der Waals surface area contributed by atoms with Crippen molar-refractivity contribution in [3.63, 3.8) is 0 Å². The lowest BCUT2D eigenvalue weighted by Crippen LogP contribution is -2.21. The van der Waals surface area contributed by atoms with Crippen molar-refractivity contribution in [1.82, 2.24) is 5.32 Å². The molecule has 3 rings (SSSR count). The Kier molecular flexibility index (Phi) is 5.30. The Labute approximate surface area is 146 Å². The van der Waals surface area contributed by atoms with Crippen LogP contribution in [0.5, 0.6) is 17.2 Å². The van der Waals surface area contributed by atoms with Gasteiger partial charge in [-0.2, -0.15) is 0 Å². The summed E-state index contributed by atoms with van der Waals surface area (Å²) >= 11 is 6.26. The number of halogens is 2. The van der Waals surface area contributed by atoms with Gasteiger partial charge in [-0.3, -0.25) is 0 Å². The Morgan fingerprint density at radius 1 is 1.09 bits per heavy atom. The summed E-state index contributed by atoms with van der Waals surface area (Å²) in [6.45, 7) is 3.26. The highest BCUT2D eigenvalue weighted by atomic mass is 35.5. The minimum absolute atomic E-state index is 0. The van der Waals surface area contributed by atoms with E-state index < -0.39 is 0 Å². The first-order valence-corrected chi connectivity index (χ1v) is 7.61. The largest absolute Gasteiger partial charge is 0.508 e. The predicted molar refractivity (Wildman–Crippen MR) is 93.3 cm³/mol. The van der Waals surface area contributed by atoms with Gasteiger partial charge in [0.15, 0.2) is 11.5 Å². The molecule has 1 atom stereocenters. The normalized spacial score (nSPS) is 17.0. The van der Waals surface area contributed by atoms with Crippen LogP contribution in [-0.4, -0.2) is 28.4 Å². The Morgan fingerprint density at radius 2 is 1.74 bits per heavy atom. The van der Waals surface area contributed by atoms with Gasteiger partial charge in [-0.25, -0.2) is 0 Å². The summed E-state index contributed by atoms with van der Waals surface area (Å²) in [7, 11) is 0. The Balaban J connectivity index is 0.00000192. The first-order chi connectivity index (χ1) is 10.5. The molecule has 0 aliphatic carbocycles. The van der Waals surface area contributed by atoms with Crippen LogP contribution in [0.1, 0.15) is 28.2 Å². The topological polar surface area (TPSA) is 72.7 Å². The number of aromatic hydroxyl groups is 3. The van der Waals surface area contributed by atoms with E-state index >= 15 is 0 Å². The molecule has 2 aromatic carbocycles. The van der Waals surface area contributed by atoms with Crippen molar-refractivity contribution in [2.24, 2.45) is 0 Å². The van der Waals surface area contributed by atoms with Crippen LogP contribution in [0.25, 0.3) is 0 Å². The maximum atomic E-state index is 10.1. The van der Waals surface area contributed by atoms with Crippen molar-refractivity contribution in [2.45, 2.75) is 19.3 Å². The fraction of sp³-hybridized carbons (Fsp3) is 0.294. The third kappa shape index (κ3) is 3.07. The third-order valence-corrected chi connectivity index (χ3v) is 4.73. The van der Waals surface area contributed by atoms with Crippen molar-refractivity contribution in [1.29, 1.82) is 0 Å². The van der Waals surface area contributed by atoms with E-state index in [1.54, 1.807) is 19.1 Å². The summed E-state index contributed by atoms with van der Waals surface area (Å²) < 4.78 is 0. The zero-order valence-electron chi connectivity index (χ0n) is 12.6. The zero-order chi connectivity index (χ0) is 15.9. The van der Waals surface area contributed by atoms with Gasteiger partial charge in [-0.1, -0.05) is 23.7 Å². The van der Waals surface area contributed by atoms with Crippen molar-refractivity contribution in [3.05, 3.63) is 51.5 Å². The van der Waals surface area contributed by atoms with Crippen molar-refractivity contribution >= 4 is 24.0 Å². The molecule has 0 saturated carbocycles. The zero-order valence-corrected chi connectivity index (χ0v) is 14.2. The lowest BCUT2D eigenvalue weighted by atomic mass is 9.84. The molecule has 1 unspecified atom stereocenters. The Bertz CT molecular complexity index is 717. The number of phenolic OH excluding ortho intramolecular Hbond substituents is 3. The van der Waals surface area contributed by atoms with E-state index in [0.717, 1.165) is 23.2 Å². The highest BCUT2D eigenvalue weighted by Crippen LogP contribution is 2.45. The molecule has 0 fully saturated rings. The second kappa shape index (κ2) is 6.87. The molecule has 1 aliphatic heterocycles. The van der Waals surface area contributed by atoms with Crippen LogP contribution in [-0.2, 0) is 6.42 Å². The van der Waals surface area contributed by atoms with Crippen LogP contribution < -0.4 is 5.32 Å². The van der Waals surface area contributed by atoms with Crippen LogP contribution in [0.2, 0.25) is 5.02 Å². The van der Waals surface area contributed by atoms with E-state index in [2.05, 4.69) is 5.32 Å². The number of phenols is 3. The molecule has 2 aromatic rings. The summed E-state index contributed by atoms with van der Waals surface area (Å²) in [5.74, 6) is -0.185. The first-order valence-electron chi connectivity index (χ1n) is 7.23. The van der Waals surface area contributed by atoms with Gasteiger partial charge in [0, 0.05) is 12.5 Å². The average molecular weight is 356 g/mol. The maximum absolute atomic E-state index is 10.1. The molecule has 6 heteroatoms. The highest BCUT2D eigenvalue weighted by Gasteiger charge is 2.28. The summed E-state index contributed by atoms with van der Waals surface area (Å²) in [5, 5.41) is 33.2. The summed E-state index contributed by atoms with van der Waals surface area (Å²) in [6, 6.07) is 7.04. The standard InChI is InChI=1S/C17H18ClNO3.ClH/c1-9-14-12(15(18)17(22)16(9)21)6-7-19-8-13(14)10-2-4-11(20)5-3-10;/h2-5,13,19-22H,6-8H2,1H3;1H. The monoisotopic (exact) mass is 355 g/mol. The molecule has 0 aromatic heterocycles. The fourth-order valence-electron chi connectivity index (χ4n) is 3.17. The second-order valence-corrected chi connectivity index (χ2v) is 6.00. The molecule has 4 nitrogen and oxygen atoms in total. The van der Waals surface area contributed by atoms with Gasteiger partial charge in [0.1, 0.15) is 5.75 Å². The summed E-state index contributed by atoms with van der Waals surface area (Å²) in [6.07, 6.45) is 0.692. The number of nitrogens with one attached hydrogen (secondary N) is 1. The van der Waals surface area contributed by atoms with Crippen LogP contribution in [0.3, 0.4) is 0 Å². The maximum Gasteiger partial charge on any atom is 0.177 e. The Hall–Kier alpha value is -1.62. The van der Waals surface area contributed by atoms with Gasteiger partial charge in [0.2, 0.25) is 0 Å². The molecule has 23 heavy (non-hydrogen) atoms. The molecule has 0 bridgehead atoms. The number of fused-ring (bicyclic) bond motifs is 1. The van der Waals surface area contributed by atoms with Gasteiger partial charge < -0.3 is 20.6 Å². The van der Waals surface area contributed by atoms with E-state index in [4.69, 9.17) is 11.6 Å². The molecule has 124 valence electrons. The smallest absolute Gasteiger partial charge is 0.177 e. The van der Waals surface area contributed by atoms with E-state index in [1.807, 2.05) is 12.1 Å². The molecule has 0 spiro atoms. The minimum Gasteiger partial charge on any atom is -0.508 e. The minimum atomic E-state index is -0.246. The lowest BCUT2D eigenvalue weighted by molar-refractivity contribution is 0.399. The molecule has 0 amide bonds. The number of hydrogen-bond acceptors (Lipinski definition) is 4. The van der Waals surface area contributed by atoms with E-state index in [1.165, 1.54) is 0 Å². The van der Waals surface area contributed by atoms with Gasteiger partial charge in [0.05, 0.1) is 5.02 Å². The quantitative estimate of drug-likeness (QED) is 0.591. The molecule has 0 saturated heterocycles. The molecule has 1 aliphatic rings. The SMILES string of the molecule is Cc1c(O)c(O)c(Cl)c2c1C(c1ccc(O)cc1)CNCC2.Cl. The van der Waals surface area contributed by atoms with E-state index in [0.29, 0.717) is 18.5 Å². The van der Waals surface area contributed by atoms with Gasteiger partial charge >= 0.3 is 0 Å². The van der Waals surface area contributed by atoms with Crippen molar-refractivity contribution in [2.75, 3.05) is 13.1 Å². The molecular formula is C17H19Cl2NO3. The van der Waals surface area contributed by atoms with Crippen LogP contribution in [0.4, 0.5) is 0 Å². The van der Waals surface area contributed by atoms with Crippen LogP contribution in [0.15, 0.2) is 24.3 Å². The van der Waals surface area contributed by atoms with Crippen molar-refractivity contribution in [3.8, 4) is 17.2 Å². The van der Waals surface area contributed by atoms with Crippen molar-refractivity contribution < 1.29 is 15.3 Å². The predicted octanol–water partition coefficient (Wildman–Crippen LogP) is 3.46. The molecule has 4 N–H and O–H groups in total. The number of rotatable bonds is 1. The number of benzene rings is 2.